The summed E-state index contributed by atoms with van der Waals surface area (Å²) in [7, 11) is 0. The van der Waals surface area contributed by atoms with E-state index in [1.807, 2.05) is 18.2 Å². The zero-order chi connectivity index (χ0) is 16.4. The van der Waals surface area contributed by atoms with Crippen molar-refractivity contribution in [2.75, 3.05) is 23.3 Å². The molecular formula is C18H29Cl2N3O2. The quantitative estimate of drug-likeness (QED) is 0.832. The van der Waals surface area contributed by atoms with Crippen LogP contribution in [-0.4, -0.2) is 37.2 Å². The lowest BCUT2D eigenvalue weighted by molar-refractivity contribution is -0.119. The predicted molar refractivity (Wildman–Crippen MR) is 107 cm³/mol. The van der Waals surface area contributed by atoms with Crippen molar-refractivity contribution in [2.45, 2.75) is 51.4 Å². The van der Waals surface area contributed by atoms with Crippen molar-refractivity contribution in [2.24, 2.45) is 11.7 Å². The van der Waals surface area contributed by atoms with Crippen LogP contribution < -0.4 is 16.0 Å². The molecule has 1 saturated carbocycles. The van der Waals surface area contributed by atoms with Crippen LogP contribution in [0.15, 0.2) is 24.3 Å². The van der Waals surface area contributed by atoms with Crippen LogP contribution in [0.3, 0.4) is 0 Å². The van der Waals surface area contributed by atoms with Crippen LogP contribution in [0.25, 0.3) is 0 Å². The molecule has 0 spiro atoms. The van der Waals surface area contributed by atoms with E-state index in [2.05, 4.69) is 30.1 Å². The van der Waals surface area contributed by atoms with Gasteiger partial charge < -0.3 is 20.7 Å². The van der Waals surface area contributed by atoms with Gasteiger partial charge in [-0.1, -0.05) is 12.1 Å². The molecule has 2 fully saturated rings. The number of anilines is 2. The highest BCUT2D eigenvalue weighted by molar-refractivity contribution is 5.96. The first kappa shape index (κ1) is 22.0. The fraction of sp³-hybridized carbons (Fsp3) is 0.611. The molecule has 1 aromatic carbocycles. The van der Waals surface area contributed by atoms with E-state index in [0.717, 1.165) is 43.7 Å². The van der Waals surface area contributed by atoms with Gasteiger partial charge in [0.2, 0.25) is 5.91 Å². The van der Waals surface area contributed by atoms with E-state index in [1.54, 1.807) is 0 Å². The minimum Gasteiger partial charge on any atom is -0.372 e. The van der Waals surface area contributed by atoms with E-state index in [4.69, 9.17) is 10.5 Å². The van der Waals surface area contributed by atoms with Crippen LogP contribution in [0.2, 0.25) is 0 Å². The molecule has 1 aliphatic heterocycles. The number of nitrogens with two attached hydrogens (primary N) is 1. The third kappa shape index (κ3) is 5.48. The topological polar surface area (TPSA) is 67.6 Å². The Kier molecular flexibility index (Phi) is 8.48. The number of nitrogens with one attached hydrogen (secondary N) is 1. The van der Waals surface area contributed by atoms with Gasteiger partial charge in [-0.25, -0.2) is 0 Å². The Morgan fingerprint density at radius 2 is 1.80 bits per heavy atom. The molecule has 0 radical (unpaired) electrons. The minimum atomic E-state index is 0. The van der Waals surface area contributed by atoms with Crippen molar-refractivity contribution >= 4 is 42.1 Å². The number of amides is 1. The van der Waals surface area contributed by atoms with Crippen LogP contribution in [0.4, 0.5) is 11.4 Å². The van der Waals surface area contributed by atoms with Crippen molar-refractivity contribution in [1.82, 2.24) is 0 Å². The summed E-state index contributed by atoms with van der Waals surface area (Å²) in [5.41, 5.74) is 7.89. The Hall–Kier alpha value is -1.01. The number of carbonyl (C=O) groups is 1. The maximum absolute atomic E-state index is 12.5. The monoisotopic (exact) mass is 389 g/mol. The highest BCUT2D eigenvalue weighted by Crippen LogP contribution is 2.31. The molecule has 3 N–H and O–H groups in total. The first-order valence-corrected chi connectivity index (χ1v) is 8.59. The molecule has 142 valence electrons. The molecule has 1 aliphatic carbocycles. The zero-order valence-electron chi connectivity index (χ0n) is 14.8. The third-order valence-electron chi connectivity index (χ3n) is 4.77. The predicted octanol–water partition coefficient (Wildman–Crippen LogP) is 3.21. The van der Waals surface area contributed by atoms with Gasteiger partial charge in [-0.15, -0.1) is 24.8 Å². The van der Waals surface area contributed by atoms with Crippen molar-refractivity contribution in [1.29, 1.82) is 0 Å². The summed E-state index contributed by atoms with van der Waals surface area (Å²) in [6.07, 6.45) is 3.00. The van der Waals surface area contributed by atoms with Crippen molar-refractivity contribution in [3.63, 3.8) is 0 Å². The van der Waals surface area contributed by atoms with Gasteiger partial charge in [0, 0.05) is 25.0 Å². The van der Waals surface area contributed by atoms with Crippen LogP contribution >= 0.6 is 24.8 Å². The summed E-state index contributed by atoms with van der Waals surface area (Å²) in [4.78, 5) is 14.8. The van der Waals surface area contributed by atoms with Gasteiger partial charge in [-0.3, -0.25) is 4.79 Å². The molecule has 1 saturated heterocycles. The number of nitrogens with zero attached hydrogens (tertiary/aromatic N) is 1. The van der Waals surface area contributed by atoms with Gasteiger partial charge in [-0.05, 0) is 45.2 Å². The van der Waals surface area contributed by atoms with Crippen molar-refractivity contribution in [3.8, 4) is 0 Å². The first-order valence-electron chi connectivity index (χ1n) is 8.59. The summed E-state index contributed by atoms with van der Waals surface area (Å²) in [6, 6.07) is 8.20. The average molecular weight is 390 g/mol. The van der Waals surface area contributed by atoms with E-state index in [1.165, 1.54) is 0 Å². The first-order chi connectivity index (χ1) is 11.0. The smallest absolute Gasteiger partial charge is 0.227 e. The number of rotatable bonds is 3. The Balaban J connectivity index is 0.00000156. The van der Waals surface area contributed by atoms with Gasteiger partial charge in [0.05, 0.1) is 23.6 Å². The third-order valence-corrected chi connectivity index (χ3v) is 4.77. The normalized spacial score (nSPS) is 28.7. The molecule has 25 heavy (non-hydrogen) atoms. The second kappa shape index (κ2) is 9.62. The molecule has 4 unspecified atom stereocenters. The lowest BCUT2D eigenvalue weighted by Gasteiger charge is -2.37. The molecule has 1 aromatic rings. The Morgan fingerprint density at radius 1 is 1.16 bits per heavy atom. The molecule has 4 atom stereocenters. The maximum Gasteiger partial charge on any atom is 0.227 e. The van der Waals surface area contributed by atoms with Gasteiger partial charge in [-0.2, -0.15) is 0 Å². The number of benzene rings is 1. The van der Waals surface area contributed by atoms with Crippen molar-refractivity contribution < 1.29 is 9.53 Å². The van der Waals surface area contributed by atoms with Gasteiger partial charge >= 0.3 is 0 Å². The highest BCUT2D eigenvalue weighted by atomic mass is 35.5. The fourth-order valence-corrected chi connectivity index (χ4v) is 3.72. The average Bonchev–Trinajstić information content (AvgIpc) is 2.93. The van der Waals surface area contributed by atoms with Crippen LogP contribution in [-0.2, 0) is 9.53 Å². The van der Waals surface area contributed by atoms with E-state index in [0.29, 0.717) is 0 Å². The molecule has 2 aliphatic rings. The minimum absolute atomic E-state index is 0. The van der Waals surface area contributed by atoms with E-state index in [9.17, 15) is 4.79 Å². The Labute approximate surface area is 162 Å². The number of hydrogen-bond acceptors (Lipinski definition) is 4. The molecule has 0 aromatic heterocycles. The molecular weight excluding hydrogens is 361 g/mol. The largest absolute Gasteiger partial charge is 0.372 e. The number of halogens is 2. The SMILES string of the molecule is CC1CN(c2ccccc2NC(=O)C2CCC(N)C2)CC(C)O1.Cl.Cl. The summed E-state index contributed by atoms with van der Waals surface area (Å²) in [5, 5.41) is 3.12. The maximum atomic E-state index is 12.5. The Bertz CT molecular complexity index is 563. The van der Waals surface area contributed by atoms with Gasteiger partial charge in [0.25, 0.3) is 0 Å². The van der Waals surface area contributed by atoms with Crippen molar-refractivity contribution in [3.05, 3.63) is 24.3 Å². The summed E-state index contributed by atoms with van der Waals surface area (Å²) in [5.74, 6) is 0.139. The second-order valence-corrected chi connectivity index (χ2v) is 6.94. The van der Waals surface area contributed by atoms with Gasteiger partial charge in [0.15, 0.2) is 0 Å². The number of carbonyl (C=O) groups excluding carboxylic acids is 1. The van der Waals surface area contributed by atoms with Gasteiger partial charge in [0.1, 0.15) is 0 Å². The molecule has 1 amide bonds. The van der Waals surface area contributed by atoms with E-state index in [-0.39, 0.29) is 54.9 Å². The summed E-state index contributed by atoms with van der Waals surface area (Å²) in [6.45, 7) is 5.85. The number of hydrogen-bond donors (Lipinski definition) is 2. The summed E-state index contributed by atoms with van der Waals surface area (Å²) >= 11 is 0. The molecule has 3 rings (SSSR count). The molecule has 5 nitrogen and oxygen atoms in total. The standard InChI is InChI=1S/C18H27N3O2.2ClH/c1-12-10-21(11-13(2)23-12)17-6-4-3-5-16(17)20-18(22)14-7-8-15(19)9-14;;/h3-6,12-15H,7-11,19H2,1-2H3,(H,20,22);2*1H. The second-order valence-electron chi connectivity index (χ2n) is 6.94. The fourth-order valence-electron chi connectivity index (χ4n) is 3.72. The Morgan fingerprint density at radius 3 is 2.40 bits per heavy atom. The molecule has 7 heteroatoms. The lowest BCUT2D eigenvalue weighted by atomic mass is 10.1. The number of para-hydroxylation sites is 2. The zero-order valence-corrected chi connectivity index (χ0v) is 16.4. The number of ether oxygens (including phenoxy) is 1. The van der Waals surface area contributed by atoms with Crippen LogP contribution in [0.1, 0.15) is 33.1 Å². The molecule has 1 heterocycles. The lowest BCUT2D eigenvalue weighted by Crippen LogP contribution is -2.45. The highest BCUT2D eigenvalue weighted by Gasteiger charge is 2.29. The molecule has 0 bridgehead atoms. The van der Waals surface area contributed by atoms with E-state index >= 15 is 0 Å². The van der Waals surface area contributed by atoms with Crippen LogP contribution in [0.5, 0.6) is 0 Å². The van der Waals surface area contributed by atoms with Crippen LogP contribution in [0, 0.1) is 5.92 Å². The van der Waals surface area contributed by atoms with E-state index < -0.39 is 0 Å². The number of morpholine rings is 1. The summed E-state index contributed by atoms with van der Waals surface area (Å²) < 4.78 is 5.81.